The maximum Gasteiger partial charge on any atom is 1.00 e. The Kier molecular flexibility index (Phi) is 7.09. The molecule has 2 rings (SSSR count). The number of hydrogen-bond acceptors (Lipinski definition) is 2. The molecular weight excluding hydrogens is 324 g/mol. The number of nitrogens with zero attached hydrogens (tertiary/aromatic N) is 1. The second kappa shape index (κ2) is 8.13. The molecule has 2 nitrogen and oxygen atoms in total. The van der Waals surface area contributed by atoms with Crippen LogP contribution in [0.1, 0.15) is 11.1 Å². The molecule has 0 amide bonds. The summed E-state index contributed by atoms with van der Waals surface area (Å²) in [5.41, 5.74) is -0.465. The van der Waals surface area contributed by atoms with Gasteiger partial charge in [0.25, 0.3) is 0 Å². The second-order valence-corrected chi connectivity index (χ2v) is 4.36. The van der Waals surface area contributed by atoms with Crippen LogP contribution in [0.2, 0.25) is 0 Å². The summed E-state index contributed by atoms with van der Waals surface area (Å²) in [7, 11) is 0. The van der Waals surface area contributed by atoms with Gasteiger partial charge in [-0.05, 0) is 29.8 Å². The molecule has 0 unspecified atom stereocenters. The van der Waals surface area contributed by atoms with Gasteiger partial charge in [0.05, 0.1) is 17.4 Å². The van der Waals surface area contributed by atoms with E-state index in [2.05, 4.69) is 0 Å². The zero-order chi connectivity index (χ0) is 15.5. The SMILES string of the molecule is N#Cc1cc(F)cc(COc2ccccc2[B-](F)(F)F)c1.[K+]. The van der Waals surface area contributed by atoms with Crippen LogP contribution < -0.4 is 61.6 Å². The maximum atomic E-state index is 13.2. The van der Waals surface area contributed by atoms with Gasteiger partial charge in [-0.2, -0.15) is 5.26 Å². The molecule has 0 spiro atoms. The van der Waals surface area contributed by atoms with Gasteiger partial charge < -0.3 is 17.7 Å². The van der Waals surface area contributed by atoms with Gasteiger partial charge in [-0.3, -0.25) is 0 Å². The van der Waals surface area contributed by atoms with Crippen molar-refractivity contribution >= 4 is 12.4 Å². The minimum atomic E-state index is -5.19. The summed E-state index contributed by atoms with van der Waals surface area (Å²) in [5, 5.41) is 8.72. The molecule has 0 bridgehead atoms. The zero-order valence-corrected chi connectivity index (χ0v) is 14.8. The van der Waals surface area contributed by atoms with Crippen molar-refractivity contribution < 1.29 is 73.5 Å². The number of ether oxygens (including phenoxy) is 1. The molecule has 0 saturated heterocycles. The van der Waals surface area contributed by atoms with E-state index in [1.807, 2.05) is 0 Å². The van der Waals surface area contributed by atoms with Crippen LogP contribution in [0.4, 0.5) is 17.3 Å². The third-order valence-corrected chi connectivity index (χ3v) is 2.75. The van der Waals surface area contributed by atoms with Crippen molar-refractivity contribution in [1.82, 2.24) is 0 Å². The number of rotatable bonds is 4. The van der Waals surface area contributed by atoms with E-state index >= 15 is 0 Å². The summed E-state index contributed by atoms with van der Waals surface area (Å²) >= 11 is 0. The molecule has 0 radical (unpaired) electrons. The Morgan fingerprint density at radius 3 is 2.41 bits per heavy atom. The average Bonchev–Trinajstić information content (AvgIpc) is 2.44. The minimum absolute atomic E-state index is 0. The first-order chi connectivity index (χ1) is 9.90. The van der Waals surface area contributed by atoms with E-state index in [0.29, 0.717) is 0 Å². The topological polar surface area (TPSA) is 33.0 Å². The van der Waals surface area contributed by atoms with Crippen molar-refractivity contribution in [3.8, 4) is 11.8 Å². The van der Waals surface area contributed by atoms with E-state index in [0.717, 1.165) is 18.2 Å². The summed E-state index contributed by atoms with van der Waals surface area (Å²) in [6.45, 7) is -5.44. The molecule has 0 fully saturated rings. The van der Waals surface area contributed by atoms with Crippen LogP contribution >= 0.6 is 0 Å². The van der Waals surface area contributed by atoms with Crippen molar-refractivity contribution in [3.05, 3.63) is 59.4 Å². The Morgan fingerprint density at radius 2 is 1.77 bits per heavy atom. The normalized spacial score (nSPS) is 10.5. The molecule has 0 saturated carbocycles. The Bertz CT molecular complexity index is 700. The monoisotopic (exact) mass is 333 g/mol. The Hall–Kier alpha value is -0.849. The molecule has 0 aliphatic carbocycles. The number of para-hydroxylation sites is 1. The van der Waals surface area contributed by atoms with Crippen molar-refractivity contribution in [2.45, 2.75) is 6.61 Å². The predicted octanol–water partition coefficient (Wildman–Crippen LogP) is 0.335. The summed E-state index contributed by atoms with van der Waals surface area (Å²) in [6, 6.07) is 10.1. The standard InChI is InChI=1S/C14H9BF4NO.K/c16-12-6-10(8-20)5-11(7-12)9-21-14-4-2-1-3-13(14)15(17,18)19;/h1-7H,9H2;/q-1;+1. The van der Waals surface area contributed by atoms with Crippen LogP contribution in [-0.4, -0.2) is 6.98 Å². The Labute approximate surface area is 167 Å². The Balaban J connectivity index is 0.00000242. The number of hydrogen-bond donors (Lipinski definition) is 0. The minimum Gasteiger partial charge on any atom is -0.492 e. The largest absolute Gasteiger partial charge is 1.00 e. The van der Waals surface area contributed by atoms with E-state index in [9.17, 15) is 17.3 Å². The summed E-state index contributed by atoms with van der Waals surface area (Å²) in [6.07, 6.45) is 0. The van der Waals surface area contributed by atoms with Gasteiger partial charge in [-0.15, -0.1) is 0 Å². The van der Waals surface area contributed by atoms with Crippen molar-refractivity contribution in [2.24, 2.45) is 0 Å². The maximum absolute atomic E-state index is 13.2. The van der Waals surface area contributed by atoms with Gasteiger partial charge in [-0.1, -0.05) is 23.7 Å². The van der Waals surface area contributed by atoms with Gasteiger partial charge in [0.1, 0.15) is 12.4 Å². The number of halogens is 4. The molecule has 2 aromatic rings. The number of benzene rings is 2. The van der Waals surface area contributed by atoms with E-state index in [1.165, 1.54) is 24.3 Å². The van der Waals surface area contributed by atoms with Crippen LogP contribution in [0.3, 0.4) is 0 Å². The summed E-state index contributed by atoms with van der Waals surface area (Å²) < 4.78 is 56.9. The predicted molar refractivity (Wildman–Crippen MR) is 70.6 cm³/mol. The molecule has 0 aliphatic heterocycles. The molecule has 0 aliphatic rings. The average molecular weight is 333 g/mol. The van der Waals surface area contributed by atoms with E-state index in [1.54, 1.807) is 6.07 Å². The molecular formula is C14H9BF4KNO. The third-order valence-electron chi connectivity index (χ3n) is 2.75. The van der Waals surface area contributed by atoms with Crippen LogP contribution in [0.15, 0.2) is 42.5 Å². The van der Waals surface area contributed by atoms with Crippen LogP contribution in [0, 0.1) is 17.1 Å². The van der Waals surface area contributed by atoms with Gasteiger partial charge in [0.15, 0.2) is 0 Å². The Morgan fingerprint density at radius 1 is 1.09 bits per heavy atom. The molecule has 108 valence electrons. The molecule has 0 aromatic heterocycles. The van der Waals surface area contributed by atoms with Gasteiger partial charge >= 0.3 is 58.4 Å². The van der Waals surface area contributed by atoms with Crippen LogP contribution in [0.25, 0.3) is 0 Å². The smallest absolute Gasteiger partial charge is 0.492 e. The number of nitriles is 1. The van der Waals surface area contributed by atoms with Crippen molar-refractivity contribution in [3.63, 3.8) is 0 Å². The molecule has 0 heterocycles. The summed E-state index contributed by atoms with van der Waals surface area (Å²) in [5.74, 6) is -0.950. The van der Waals surface area contributed by atoms with E-state index < -0.39 is 18.3 Å². The first-order valence-electron chi connectivity index (χ1n) is 6.01. The van der Waals surface area contributed by atoms with Gasteiger partial charge in [0.2, 0.25) is 0 Å². The van der Waals surface area contributed by atoms with Gasteiger partial charge in [0, 0.05) is 0 Å². The first-order valence-corrected chi connectivity index (χ1v) is 6.01. The molecule has 8 heteroatoms. The van der Waals surface area contributed by atoms with Crippen molar-refractivity contribution in [2.75, 3.05) is 0 Å². The third kappa shape index (κ3) is 5.11. The quantitative estimate of drug-likeness (QED) is 0.597. The van der Waals surface area contributed by atoms with Crippen LogP contribution in [0.5, 0.6) is 5.75 Å². The zero-order valence-electron chi connectivity index (χ0n) is 11.7. The summed E-state index contributed by atoms with van der Waals surface area (Å²) in [4.78, 5) is 0. The molecule has 2 aromatic carbocycles. The fourth-order valence-corrected chi connectivity index (χ4v) is 1.84. The second-order valence-electron chi connectivity index (χ2n) is 4.36. The molecule has 0 N–H and O–H groups in total. The fourth-order valence-electron chi connectivity index (χ4n) is 1.84. The fraction of sp³-hybridized carbons (Fsp3) is 0.0714. The van der Waals surface area contributed by atoms with E-state index in [-0.39, 0.29) is 74.9 Å². The first kappa shape index (κ1) is 19.2. The van der Waals surface area contributed by atoms with Gasteiger partial charge in [-0.25, -0.2) is 4.39 Å². The molecule has 0 atom stereocenters. The van der Waals surface area contributed by atoms with E-state index in [4.69, 9.17) is 10.00 Å². The van der Waals surface area contributed by atoms with Crippen LogP contribution in [-0.2, 0) is 6.61 Å². The van der Waals surface area contributed by atoms with Crippen molar-refractivity contribution in [1.29, 1.82) is 5.26 Å². The molecule has 22 heavy (non-hydrogen) atoms.